The molecule has 0 bridgehead atoms. The number of aryl methyl sites for hydroxylation is 1. The minimum absolute atomic E-state index is 0.779. The van der Waals surface area contributed by atoms with Crippen LogP contribution in [0.1, 0.15) is 5.82 Å². The molecule has 0 aliphatic carbocycles. The number of nitrogens with zero attached hydrogens (tertiary/aromatic N) is 4. The first-order chi connectivity index (χ1) is 9.69. The summed E-state index contributed by atoms with van der Waals surface area (Å²) in [6.45, 7) is 1.95. The number of aromatic amines is 1. The van der Waals surface area contributed by atoms with Crippen molar-refractivity contribution >= 4 is 32.6 Å². The second kappa shape index (κ2) is 4.14. The molecule has 0 spiro atoms. The second-order valence-corrected chi connectivity index (χ2v) is 5.45. The van der Waals surface area contributed by atoms with Crippen LogP contribution in [0.2, 0.25) is 0 Å². The maximum atomic E-state index is 4.57. The number of hydrogen-bond acceptors (Lipinski definition) is 3. The van der Waals surface area contributed by atoms with Crippen molar-refractivity contribution in [3.8, 4) is 11.3 Å². The Labute approximate surface area is 122 Å². The Morgan fingerprint density at radius 1 is 1.15 bits per heavy atom. The highest BCUT2D eigenvalue weighted by Crippen LogP contribution is 2.22. The molecule has 4 rings (SSSR count). The number of imidazole rings is 2. The van der Waals surface area contributed by atoms with Crippen LogP contribution in [0.5, 0.6) is 0 Å². The monoisotopic (exact) mass is 327 g/mol. The van der Waals surface area contributed by atoms with E-state index in [4.69, 9.17) is 0 Å². The maximum absolute atomic E-state index is 4.57. The molecule has 0 saturated heterocycles. The van der Waals surface area contributed by atoms with Gasteiger partial charge in [-0.3, -0.25) is 0 Å². The fourth-order valence-corrected chi connectivity index (χ4v) is 2.68. The summed E-state index contributed by atoms with van der Waals surface area (Å²) in [7, 11) is 0. The number of halogens is 1. The van der Waals surface area contributed by atoms with Gasteiger partial charge in [0, 0.05) is 5.56 Å². The van der Waals surface area contributed by atoms with Crippen LogP contribution in [0.25, 0.3) is 27.9 Å². The van der Waals surface area contributed by atoms with Gasteiger partial charge in [-0.15, -0.1) is 0 Å². The number of H-pyrrole nitrogens is 1. The summed E-state index contributed by atoms with van der Waals surface area (Å²) < 4.78 is 2.55. The van der Waals surface area contributed by atoms with Crippen molar-refractivity contribution < 1.29 is 0 Å². The molecule has 1 aromatic carbocycles. The van der Waals surface area contributed by atoms with E-state index in [0.29, 0.717) is 0 Å². The number of hydrogen-bond donors (Lipinski definition) is 1. The molecule has 0 aliphatic heterocycles. The molecule has 0 unspecified atom stereocenters. The first-order valence-corrected chi connectivity index (χ1v) is 6.97. The summed E-state index contributed by atoms with van der Waals surface area (Å²) in [6.07, 6.45) is 1.84. The van der Waals surface area contributed by atoms with Crippen LogP contribution in [-0.2, 0) is 0 Å². The fraction of sp³-hybridized carbons (Fsp3) is 0.0714. The zero-order valence-electron chi connectivity index (χ0n) is 10.6. The maximum Gasteiger partial charge on any atom is 0.154 e. The summed E-state index contributed by atoms with van der Waals surface area (Å²) in [5, 5.41) is 4.57. The van der Waals surface area contributed by atoms with Crippen LogP contribution in [0.3, 0.4) is 0 Å². The van der Waals surface area contributed by atoms with Crippen LogP contribution in [0.15, 0.2) is 41.1 Å². The van der Waals surface area contributed by atoms with E-state index < -0.39 is 0 Å². The van der Waals surface area contributed by atoms with Gasteiger partial charge in [-0.25, -0.2) is 14.5 Å². The van der Waals surface area contributed by atoms with E-state index in [2.05, 4.69) is 42.0 Å². The Hall–Kier alpha value is -2.21. The zero-order chi connectivity index (χ0) is 13.7. The molecular formula is C14H10BrN5. The molecule has 6 heteroatoms. The van der Waals surface area contributed by atoms with E-state index in [0.717, 1.165) is 38.4 Å². The first-order valence-electron chi connectivity index (χ1n) is 6.18. The van der Waals surface area contributed by atoms with Crippen LogP contribution in [-0.4, -0.2) is 24.6 Å². The average Bonchev–Trinajstić information content (AvgIpc) is 2.97. The van der Waals surface area contributed by atoms with E-state index in [1.165, 1.54) is 0 Å². The number of aromatic nitrogens is 5. The lowest BCUT2D eigenvalue weighted by Crippen LogP contribution is -1.92. The van der Waals surface area contributed by atoms with Crippen molar-refractivity contribution in [1.82, 2.24) is 24.6 Å². The highest BCUT2D eigenvalue weighted by molar-refractivity contribution is 9.10. The fourth-order valence-electron chi connectivity index (χ4n) is 2.30. The molecule has 4 aromatic rings. The zero-order valence-corrected chi connectivity index (χ0v) is 12.2. The highest BCUT2D eigenvalue weighted by Gasteiger charge is 2.06. The average molecular weight is 328 g/mol. The Morgan fingerprint density at radius 3 is 2.95 bits per heavy atom. The minimum Gasteiger partial charge on any atom is -0.342 e. The van der Waals surface area contributed by atoms with E-state index in [-0.39, 0.29) is 0 Å². The van der Waals surface area contributed by atoms with Gasteiger partial charge in [0.15, 0.2) is 5.65 Å². The first kappa shape index (κ1) is 11.6. The van der Waals surface area contributed by atoms with Gasteiger partial charge in [-0.1, -0.05) is 6.07 Å². The normalized spacial score (nSPS) is 11.5. The standard InChI is InChI=1S/C14H10BrN5/c1-8-16-11-3-2-9(6-12(11)17-8)10-4-5-14-18-13(15)7-20(14)19-10/h2-7H,1H3,(H,16,17). The summed E-state index contributed by atoms with van der Waals surface area (Å²) in [4.78, 5) is 12.0. The van der Waals surface area contributed by atoms with E-state index in [9.17, 15) is 0 Å². The summed E-state index contributed by atoms with van der Waals surface area (Å²) >= 11 is 3.36. The Kier molecular flexibility index (Phi) is 2.40. The summed E-state index contributed by atoms with van der Waals surface area (Å²) in [5.74, 6) is 0.916. The molecule has 3 aromatic heterocycles. The molecule has 98 valence electrons. The molecule has 5 nitrogen and oxygen atoms in total. The Morgan fingerprint density at radius 2 is 2.05 bits per heavy atom. The van der Waals surface area contributed by atoms with Gasteiger partial charge in [-0.05, 0) is 47.1 Å². The molecule has 3 heterocycles. The SMILES string of the molecule is Cc1nc2ccc(-c3ccc4nc(Br)cn4n3)cc2[nH]1. The third-order valence-corrected chi connectivity index (χ3v) is 3.57. The molecule has 0 fully saturated rings. The van der Waals surface area contributed by atoms with Gasteiger partial charge in [0.05, 0.1) is 22.9 Å². The number of benzene rings is 1. The number of nitrogens with one attached hydrogen (secondary N) is 1. The number of fused-ring (bicyclic) bond motifs is 2. The predicted octanol–water partition coefficient (Wildman–Crippen LogP) is 3.34. The van der Waals surface area contributed by atoms with Crippen molar-refractivity contribution in [3.05, 3.63) is 47.0 Å². The lowest BCUT2D eigenvalue weighted by molar-refractivity contribution is 0.942. The van der Waals surface area contributed by atoms with Gasteiger partial charge in [-0.2, -0.15) is 5.10 Å². The summed E-state index contributed by atoms with van der Waals surface area (Å²) in [5.41, 5.74) is 4.76. The quantitative estimate of drug-likeness (QED) is 0.583. The van der Waals surface area contributed by atoms with Gasteiger partial charge in [0.2, 0.25) is 0 Å². The van der Waals surface area contributed by atoms with Gasteiger partial charge < -0.3 is 4.98 Å². The van der Waals surface area contributed by atoms with Crippen molar-refractivity contribution in [1.29, 1.82) is 0 Å². The van der Waals surface area contributed by atoms with Crippen LogP contribution in [0.4, 0.5) is 0 Å². The van der Waals surface area contributed by atoms with E-state index in [1.807, 2.05) is 37.4 Å². The van der Waals surface area contributed by atoms with Crippen molar-refractivity contribution in [2.45, 2.75) is 6.92 Å². The van der Waals surface area contributed by atoms with E-state index in [1.54, 1.807) is 4.52 Å². The van der Waals surface area contributed by atoms with Crippen molar-refractivity contribution in [2.75, 3.05) is 0 Å². The third-order valence-electron chi connectivity index (χ3n) is 3.19. The highest BCUT2D eigenvalue weighted by atomic mass is 79.9. The van der Waals surface area contributed by atoms with Gasteiger partial charge in [0.1, 0.15) is 10.4 Å². The molecule has 0 aliphatic rings. The second-order valence-electron chi connectivity index (χ2n) is 4.64. The molecule has 0 atom stereocenters. The van der Waals surface area contributed by atoms with E-state index >= 15 is 0 Å². The minimum atomic E-state index is 0.779. The topological polar surface area (TPSA) is 58.9 Å². The molecule has 20 heavy (non-hydrogen) atoms. The number of rotatable bonds is 1. The molecular weight excluding hydrogens is 318 g/mol. The molecule has 1 N–H and O–H groups in total. The predicted molar refractivity (Wildman–Crippen MR) is 80.5 cm³/mol. The van der Waals surface area contributed by atoms with Crippen LogP contribution in [0, 0.1) is 6.92 Å². The Balaban J connectivity index is 1.90. The van der Waals surface area contributed by atoms with Crippen LogP contribution >= 0.6 is 15.9 Å². The third kappa shape index (κ3) is 1.80. The Bertz CT molecular complexity index is 859. The largest absolute Gasteiger partial charge is 0.342 e. The lowest BCUT2D eigenvalue weighted by Gasteiger charge is -2.01. The van der Waals surface area contributed by atoms with Gasteiger partial charge in [0.25, 0.3) is 0 Å². The molecule has 0 saturated carbocycles. The smallest absolute Gasteiger partial charge is 0.154 e. The molecule has 0 radical (unpaired) electrons. The van der Waals surface area contributed by atoms with Crippen molar-refractivity contribution in [2.24, 2.45) is 0 Å². The van der Waals surface area contributed by atoms with Crippen LogP contribution < -0.4 is 0 Å². The lowest BCUT2D eigenvalue weighted by atomic mass is 10.1. The summed E-state index contributed by atoms with van der Waals surface area (Å²) in [6, 6.07) is 10.0. The van der Waals surface area contributed by atoms with Gasteiger partial charge >= 0.3 is 0 Å². The molecule has 0 amide bonds. The van der Waals surface area contributed by atoms with Crippen molar-refractivity contribution in [3.63, 3.8) is 0 Å².